The van der Waals surface area contributed by atoms with Crippen LogP contribution in [0.3, 0.4) is 0 Å². The van der Waals surface area contributed by atoms with E-state index in [-0.39, 0.29) is 5.41 Å². The monoisotopic (exact) mass is 556 g/mol. The highest BCUT2D eigenvalue weighted by Crippen LogP contribution is 2.62. The molecule has 0 aliphatic heterocycles. The van der Waals surface area contributed by atoms with Crippen LogP contribution in [0.1, 0.15) is 27.1 Å². The Morgan fingerprint density at radius 1 is 0.595 bits per heavy atom. The average molecular weight is 557 g/mol. The van der Waals surface area contributed by atoms with Crippen molar-refractivity contribution in [1.82, 2.24) is 20.0 Å². The fraction of sp³-hybridized carbons (Fsp3) is 0.0541. The van der Waals surface area contributed by atoms with Gasteiger partial charge in [-0.25, -0.2) is 4.68 Å². The summed E-state index contributed by atoms with van der Waals surface area (Å²) in [5, 5.41) is 10.2. The van der Waals surface area contributed by atoms with E-state index >= 15 is 0 Å². The third-order valence-corrected chi connectivity index (χ3v) is 9.90. The Morgan fingerprint density at radius 3 is 1.86 bits per heavy atom. The summed E-state index contributed by atoms with van der Waals surface area (Å²) in [6.07, 6.45) is 3.88. The van der Waals surface area contributed by atoms with E-state index in [2.05, 4.69) is 119 Å². The molecule has 4 aromatic carbocycles. The number of pyridine rings is 1. The number of nitrogens with zero attached hydrogens (tertiary/aromatic N) is 4. The zero-order valence-corrected chi connectivity index (χ0v) is 23.6. The molecular formula is C37H24N4S. The van der Waals surface area contributed by atoms with E-state index in [0.29, 0.717) is 0 Å². The maximum absolute atomic E-state index is 4.66. The SMILES string of the molecule is Cc1sc(-n2cc(-c3ccc4c(c3)C3(c5ccccc5-c5ccccc53)c3ccccc3-4)nn2)cc1-c1ccccn1. The Bertz CT molecular complexity index is 2110. The standard InChI is InChI=1S/C37H24N4S/c1-23-29(34-16-8-9-19-38-34)21-36(42-23)41-22-35(39-40-41)24-17-18-28-27-12-4-7-15-32(27)37(33(28)20-24)30-13-5-2-10-25(30)26-11-3-6-14-31(26)37/h2-22H,1H3. The second kappa shape index (κ2) is 8.68. The molecule has 9 rings (SSSR count). The van der Waals surface area contributed by atoms with Crippen LogP contribution in [0.2, 0.25) is 0 Å². The minimum atomic E-state index is -0.367. The molecule has 0 fully saturated rings. The number of aryl methyl sites for hydroxylation is 1. The average Bonchev–Trinajstić information content (AvgIpc) is 3.81. The highest BCUT2D eigenvalue weighted by atomic mass is 32.1. The minimum Gasteiger partial charge on any atom is -0.256 e. The third kappa shape index (κ3) is 3.09. The molecule has 42 heavy (non-hydrogen) atoms. The van der Waals surface area contributed by atoms with E-state index in [4.69, 9.17) is 0 Å². The summed E-state index contributed by atoms with van der Waals surface area (Å²) in [6, 6.07) is 41.7. The van der Waals surface area contributed by atoms with Crippen LogP contribution in [0.5, 0.6) is 0 Å². The summed E-state index contributed by atoms with van der Waals surface area (Å²) in [5.74, 6) is 0. The van der Waals surface area contributed by atoms with Crippen molar-refractivity contribution in [3.05, 3.63) is 155 Å². The summed E-state index contributed by atoms with van der Waals surface area (Å²) in [7, 11) is 0. The lowest BCUT2D eigenvalue weighted by Crippen LogP contribution is -2.25. The lowest BCUT2D eigenvalue weighted by atomic mass is 9.70. The predicted octanol–water partition coefficient (Wildman–Crippen LogP) is 8.71. The number of fused-ring (bicyclic) bond motifs is 10. The van der Waals surface area contributed by atoms with Crippen LogP contribution in [0.25, 0.3) is 49.8 Å². The Kier molecular flexibility index (Phi) is 4.87. The quantitative estimate of drug-likeness (QED) is 0.219. The molecule has 198 valence electrons. The molecule has 0 saturated heterocycles. The highest BCUT2D eigenvalue weighted by Gasteiger charge is 2.51. The van der Waals surface area contributed by atoms with Crippen LogP contribution >= 0.6 is 11.3 Å². The molecule has 0 saturated carbocycles. The van der Waals surface area contributed by atoms with Gasteiger partial charge in [-0.1, -0.05) is 96.2 Å². The third-order valence-electron chi connectivity index (χ3n) is 8.86. The maximum Gasteiger partial charge on any atom is 0.120 e. The Morgan fingerprint density at radius 2 is 1.21 bits per heavy atom. The number of hydrogen-bond donors (Lipinski definition) is 0. The Balaban J connectivity index is 1.21. The van der Waals surface area contributed by atoms with Crippen LogP contribution in [-0.2, 0) is 5.41 Å². The molecular weight excluding hydrogens is 533 g/mol. The van der Waals surface area contributed by atoms with Crippen molar-refractivity contribution in [1.29, 1.82) is 0 Å². The van der Waals surface area contributed by atoms with Gasteiger partial charge in [0.25, 0.3) is 0 Å². The molecule has 3 aromatic heterocycles. The molecule has 5 heteroatoms. The predicted molar refractivity (Wildman–Crippen MR) is 169 cm³/mol. The van der Waals surface area contributed by atoms with Crippen molar-refractivity contribution in [2.24, 2.45) is 0 Å². The molecule has 2 aliphatic rings. The van der Waals surface area contributed by atoms with E-state index in [1.165, 1.54) is 49.4 Å². The van der Waals surface area contributed by atoms with Crippen LogP contribution in [0, 0.1) is 6.92 Å². The summed E-state index contributed by atoms with van der Waals surface area (Å²) in [6.45, 7) is 2.13. The maximum atomic E-state index is 4.66. The summed E-state index contributed by atoms with van der Waals surface area (Å²) in [5.41, 5.74) is 14.2. The van der Waals surface area contributed by atoms with Gasteiger partial charge in [-0.15, -0.1) is 16.4 Å². The van der Waals surface area contributed by atoms with Gasteiger partial charge in [-0.05, 0) is 75.7 Å². The van der Waals surface area contributed by atoms with Crippen molar-refractivity contribution >= 4 is 11.3 Å². The van der Waals surface area contributed by atoms with E-state index in [1.54, 1.807) is 11.3 Å². The Labute approximate surface area is 247 Å². The molecule has 2 aliphatic carbocycles. The van der Waals surface area contributed by atoms with Crippen molar-refractivity contribution in [2.75, 3.05) is 0 Å². The zero-order chi connectivity index (χ0) is 27.8. The van der Waals surface area contributed by atoms with E-state index in [1.807, 2.05) is 35.3 Å². The first kappa shape index (κ1) is 23.6. The van der Waals surface area contributed by atoms with Gasteiger partial charge in [0.15, 0.2) is 0 Å². The first-order valence-electron chi connectivity index (χ1n) is 14.1. The molecule has 7 aromatic rings. The number of rotatable bonds is 3. The molecule has 0 amide bonds. The highest BCUT2D eigenvalue weighted by molar-refractivity contribution is 7.15. The van der Waals surface area contributed by atoms with Crippen molar-refractivity contribution < 1.29 is 0 Å². The molecule has 0 radical (unpaired) electrons. The van der Waals surface area contributed by atoms with Gasteiger partial charge in [0.2, 0.25) is 0 Å². The smallest absolute Gasteiger partial charge is 0.120 e. The lowest BCUT2D eigenvalue weighted by Gasteiger charge is -2.30. The van der Waals surface area contributed by atoms with Gasteiger partial charge in [-0.3, -0.25) is 4.98 Å². The van der Waals surface area contributed by atoms with Gasteiger partial charge < -0.3 is 0 Å². The van der Waals surface area contributed by atoms with Crippen molar-refractivity contribution in [3.8, 4) is 49.8 Å². The van der Waals surface area contributed by atoms with Gasteiger partial charge in [0.1, 0.15) is 10.7 Å². The largest absolute Gasteiger partial charge is 0.256 e. The zero-order valence-electron chi connectivity index (χ0n) is 22.8. The first-order chi connectivity index (χ1) is 20.7. The summed E-state index contributed by atoms with van der Waals surface area (Å²) < 4.78 is 1.89. The normalized spacial score (nSPS) is 13.5. The van der Waals surface area contributed by atoms with Crippen molar-refractivity contribution in [2.45, 2.75) is 12.3 Å². The van der Waals surface area contributed by atoms with Crippen LogP contribution in [0.15, 0.2) is 128 Å². The van der Waals surface area contributed by atoms with Crippen LogP contribution in [-0.4, -0.2) is 20.0 Å². The summed E-state index contributed by atoms with van der Waals surface area (Å²) in [4.78, 5) is 5.75. The number of benzene rings is 4. The molecule has 0 N–H and O–H groups in total. The lowest BCUT2D eigenvalue weighted by molar-refractivity contribution is 0.794. The van der Waals surface area contributed by atoms with Crippen LogP contribution in [0.4, 0.5) is 0 Å². The molecule has 4 nitrogen and oxygen atoms in total. The molecule has 1 spiro atoms. The fourth-order valence-corrected chi connectivity index (χ4v) is 8.06. The molecule has 0 unspecified atom stereocenters. The van der Waals surface area contributed by atoms with E-state index in [9.17, 15) is 0 Å². The molecule has 3 heterocycles. The van der Waals surface area contributed by atoms with Crippen molar-refractivity contribution in [3.63, 3.8) is 0 Å². The topological polar surface area (TPSA) is 43.6 Å². The second-order valence-corrected chi connectivity index (χ2v) is 12.2. The van der Waals surface area contributed by atoms with Gasteiger partial charge >= 0.3 is 0 Å². The van der Waals surface area contributed by atoms with E-state index in [0.717, 1.165) is 27.5 Å². The molecule has 0 bridgehead atoms. The molecule has 0 atom stereocenters. The summed E-state index contributed by atoms with van der Waals surface area (Å²) >= 11 is 1.70. The van der Waals surface area contributed by atoms with Crippen LogP contribution < -0.4 is 0 Å². The number of hydrogen-bond acceptors (Lipinski definition) is 4. The number of aromatic nitrogens is 4. The van der Waals surface area contributed by atoms with Gasteiger partial charge in [-0.2, -0.15) is 0 Å². The van der Waals surface area contributed by atoms with Gasteiger partial charge in [0.05, 0.1) is 17.3 Å². The first-order valence-corrected chi connectivity index (χ1v) is 14.9. The minimum absolute atomic E-state index is 0.367. The van der Waals surface area contributed by atoms with E-state index < -0.39 is 0 Å². The Hall–Kier alpha value is -5.13. The second-order valence-electron chi connectivity index (χ2n) is 11.0. The fourth-order valence-electron chi connectivity index (χ4n) is 7.11. The van der Waals surface area contributed by atoms with Gasteiger partial charge in [0, 0.05) is 22.2 Å². The number of thiophene rings is 1.